The standard InChI is InChI=1S/C13H18N2O2S/c1-3-15(13(17)11-7-18-8-14-11)12-6-10(16)5-4-9(12)2/h4-6,11,14,16H,3,7-8H2,1-2H3. The molecule has 0 spiro atoms. The quantitative estimate of drug-likeness (QED) is 0.874. The molecule has 1 amide bonds. The van der Waals surface area contributed by atoms with Gasteiger partial charge in [0.25, 0.3) is 0 Å². The van der Waals surface area contributed by atoms with E-state index < -0.39 is 0 Å². The van der Waals surface area contributed by atoms with Crippen LogP contribution < -0.4 is 10.2 Å². The predicted octanol–water partition coefficient (Wildman–Crippen LogP) is 1.72. The molecule has 1 fully saturated rings. The Bertz CT molecular complexity index is 445. The van der Waals surface area contributed by atoms with E-state index >= 15 is 0 Å². The Labute approximate surface area is 111 Å². The highest BCUT2D eigenvalue weighted by Gasteiger charge is 2.28. The van der Waals surface area contributed by atoms with Crippen LogP contribution in [0.15, 0.2) is 18.2 Å². The van der Waals surface area contributed by atoms with E-state index in [2.05, 4.69) is 5.32 Å². The van der Waals surface area contributed by atoms with E-state index in [0.717, 1.165) is 22.9 Å². The van der Waals surface area contributed by atoms with Crippen molar-refractivity contribution in [1.82, 2.24) is 5.32 Å². The van der Waals surface area contributed by atoms with Gasteiger partial charge in [-0.2, -0.15) is 0 Å². The lowest BCUT2D eigenvalue weighted by Crippen LogP contribution is -2.45. The predicted molar refractivity (Wildman–Crippen MR) is 75.1 cm³/mol. The van der Waals surface area contributed by atoms with Gasteiger partial charge < -0.3 is 10.0 Å². The Balaban J connectivity index is 2.26. The summed E-state index contributed by atoms with van der Waals surface area (Å²) >= 11 is 1.73. The van der Waals surface area contributed by atoms with Crippen molar-refractivity contribution in [2.75, 3.05) is 23.1 Å². The highest BCUT2D eigenvalue weighted by Crippen LogP contribution is 2.26. The Morgan fingerprint density at radius 1 is 1.61 bits per heavy atom. The van der Waals surface area contributed by atoms with Gasteiger partial charge in [0.05, 0.1) is 11.7 Å². The number of carbonyl (C=O) groups excluding carboxylic acids is 1. The van der Waals surface area contributed by atoms with Crippen LogP contribution in [0.4, 0.5) is 5.69 Å². The summed E-state index contributed by atoms with van der Waals surface area (Å²) in [5, 5.41) is 12.8. The van der Waals surface area contributed by atoms with Crippen LogP contribution in [0.2, 0.25) is 0 Å². The highest BCUT2D eigenvalue weighted by molar-refractivity contribution is 7.99. The van der Waals surface area contributed by atoms with Gasteiger partial charge in [-0.15, -0.1) is 11.8 Å². The molecule has 0 saturated carbocycles. The second-order valence-electron chi connectivity index (χ2n) is 4.33. The molecule has 5 heteroatoms. The number of aryl methyl sites for hydroxylation is 1. The van der Waals surface area contributed by atoms with E-state index in [4.69, 9.17) is 0 Å². The Morgan fingerprint density at radius 2 is 2.39 bits per heavy atom. The maximum Gasteiger partial charge on any atom is 0.244 e. The number of hydrogen-bond acceptors (Lipinski definition) is 4. The number of nitrogens with zero attached hydrogens (tertiary/aromatic N) is 1. The summed E-state index contributed by atoms with van der Waals surface area (Å²) in [4.78, 5) is 14.1. The molecule has 2 N–H and O–H groups in total. The number of amides is 1. The summed E-state index contributed by atoms with van der Waals surface area (Å²) in [7, 11) is 0. The lowest BCUT2D eigenvalue weighted by atomic mass is 10.1. The van der Waals surface area contributed by atoms with Gasteiger partial charge in [0, 0.05) is 24.2 Å². The van der Waals surface area contributed by atoms with Crippen LogP contribution in [-0.2, 0) is 4.79 Å². The van der Waals surface area contributed by atoms with Gasteiger partial charge >= 0.3 is 0 Å². The topological polar surface area (TPSA) is 52.6 Å². The van der Waals surface area contributed by atoms with E-state index in [1.54, 1.807) is 28.8 Å². The third kappa shape index (κ3) is 2.62. The molecular weight excluding hydrogens is 248 g/mol. The minimum Gasteiger partial charge on any atom is -0.508 e. The summed E-state index contributed by atoms with van der Waals surface area (Å²) in [5.41, 5.74) is 1.79. The van der Waals surface area contributed by atoms with E-state index in [1.165, 1.54) is 0 Å². The normalized spacial score (nSPS) is 18.9. The number of carbonyl (C=O) groups is 1. The van der Waals surface area contributed by atoms with Gasteiger partial charge in [0.15, 0.2) is 0 Å². The molecule has 0 bridgehead atoms. The molecule has 0 radical (unpaired) electrons. The monoisotopic (exact) mass is 266 g/mol. The maximum absolute atomic E-state index is 12.4. The molecule has 2 rings (SSSR count). The number of rotatable bonds is 3. The van der Waals surface area contributed by atoms with Crippen LogP contribution in [0.25, 0.3) is 0 Å². The van der Waals surface area contributed by atoms with Crippen molar-refractivity contribution < 1.29 is 9.90 Å². The van der Waals surface area contributed by atoms with Gasteiger partial charge in [-0.3, -0.25) is 10.1 Å². The highest BCUT2D eigenvalue weighted by atomic mass is 32.2. The molecule has 98 valence electrons. The molecule has 0 aliphatic carbocycles. The Morgan fingerprint density at radius 3 is 3.00 bits per heavy atom. The summed E-state index contributed by atoms with van der Waals surface area (Å²) in [5.74, 6) is 1.91. The van der Waals surface area contributed by atoms with Crippen molar-refractivity contribution in [2.45, 2.75) is 19.9 Å². The molecule has 0 aromatic heterocycles. The lowest BCUT2D eigenvalue weighted by Gasteiger charge is -2.25. The van der Waals surface area contributed by atoms with Crippen molar-refractivity contribution in [2.24, 2.45) is 0 Å². The molecule has 1 heterocycles. The number of hydrogen-bond donors (Lipinski definition) is 2. The molecule has 1 aromatic rings. The average molecular weight is 266 g/mol. The smallest absolute Gasteiger partial charge is 0.244 e. The molecule has 1 aromatic carbocycles. The first-order chi connectivity index (χ1) is 8.63. The SMILES string of the molecule is CCN(C(=O)C1CSCN1)c1cc(O)ccc1C. The fourth-order valence-electron chi connectivity index (χ4n) is 2.08. The number of likely N-dealkylation sites (N-methyl/N-ethyl adjacent to an activating group) is 1. The number of nitrogens with one attached hydrogen (secondary N) is 1. The van der Waals surface area contributed by atoms with E-state index in [1.807, 2.05) is 19.9 Å². The second kappa shape index (κ2) is 5.63. The van der Waals surface area contributed by atoms with Gasteiger partial charge in [-0.05, 0) is 25.5 Å². The molecule has 1 atom stereocenters. The largest absolute Gasteiger partial charge is 0.508 e. The van der Waals surface area contributed by atoms with Crippen LogP contribution >= 0.6 is 11.8 Å². The lowest BCUT2D eigenvalue weighted by molar-refractivity contribution is -0.119. The zero-order chi connectivity index (χ0) is 13.1. The van der Waals surface area contributed by atoms with E-state index in [0.29, 0.717) is 6.54 Å². The fraction of sp³-hybridized carbons (Fsp3) is 0.462. The average Bonchev–Trinajstić information content (AvgIpc) is 2.88. The van der Waals surface area contributed by atoms with Crippen LogP contribution in [0.5, 0.6) is 5.75 Å². The van der Waals surface area contributed by atoms with Crippen molar-refractivity contribution >= 4 is 23.4 Å². The number of aromatic hydroxyl groups is 1. The molecule has 18 heavy (non-hydrogen) atoms. The summed E-state index contributed by atoms with van der Waals surface area (Å²) in [6.45, 7) is 4.50. The summed E-state index contributed by atoms with van der Waals surface area (Å²) < 4.78 is 0. The van der Waals surface area contributed by atoms with Gasteiger partial charge in [-0.25, -0.2) is 0 Å². The number of phenols is 1. The fourth-order valence-corrected chi connectivity index (χ4v) is 3.01. The summed E-state index contributed by atoms with van der Waals surface area (Å²) in [6, 6.07) is 5.01. The second-order valence-corrected chi connectivity index (χ2v) is 5.36. The zero-order valence-corrected chi connectivity index (χ0v) is 11.5. The molecule has 1 unspecified atom stereocenters. The zero-order valence-electron chi connectivity index (χ0n) is 10.6. The summed E-state index contributed by atoms with van der Waals surface area (Å²) in [6.07, 6.45) is 0. The third-order valence-corrected chi connectivity index (χ3v) is 4.02. The molecule has 1 aliphatic heterocycles. The molecule has 1 saturated heterocycles. The Kier molecular flexibility index (Phi) is 4.14. The van der Waals surface area contributed by atoms with E-state index in [9.17, 15) is 9.90 Å². The van der Waals surface area contributed by atoms with Crippen molar-refractivity contribution in [3.63, 3.8) is 0 Å². The number of anilines is 1. The Hall–Kier alpha value is -1.20. The van der Waals surface area contributed by atoms with Crippen LogP contribution in [-0.4, -0.2) is 35.2 Å². The maximum atomic E-state index is 12.4. The van der Waals surface area contributed by atoms with Gasteiger partial charge in [-0.1, -0.05) is 6.07 Å². The van der Waals surface area contributed by atoms with Gasteiger partial charge in [0.1, 0.15) is 5.75 Å². The van der Waals surface area contributed by atoms with Crippen molar-refractivity contribution in [1.29, 1.82) is 0 Å². The number of benzene rings is 1. The van der Waals surface area contributed by atoms with Crippen LogP contribution in [0, 0.1) is 6.92 Å². The minimum absolute atomic E-state index is 0.0798. The van der Waals surface area contributed by atoms with Gasteiger partial charge in [0.2, 0.25) is 5.91 Å². The molecule has 1 aliphatic rings. The third-order valence-electron chi connectivity index (χ3n) is 3.08. The molecule has 4 nitrogen and oxygen atoms in total. The van der Waals surface area contributed by atoms with Crippen molar-refractivity contribution in [3.8, 4) is 5.75 Å². The first-order valence-electron chi connectivity index (χ1n) is 6.05. The van der Waals surface area contributed by atoms with E-state index in [-0.39, 0.29) is 17.7 Å². The first kappa shape index (κ1) is 13.2. The van der Waals surface area contributed by atoms with Crippen LogP contribution in [0.1, 0.15) is 12.5 Å². The minimum atomic E-state index is -0.114. The van der Waals surface area contributed by atoms with Crippen LogP contribution in [0.3, 0.4) is 0 Å². The number of phenolic OH excluding ortho intramolecular Hbond substituents is 1. The molecular formula is C13H18N2O2S. The van der Waals surface area contributed by atoms with Crippen molar-refractivity contribution in [3.05, 3.63) is 23.8 Å². The first-order valence-corrected chi connectivity index (χ1v) is 7.21. The number of thioether (sulfide) groups is 1.